The lowest BCUT2D eigenvalue weighted by Gasteiger charge is -2.04. The van der Waals surface area contributed by atoms with Crippen LogP contribution >= 0.6 is 15.9 Å². The monoisotopic (exact) mass is 437 g/mol. The number of rotatable bonds is 5. The van der Waals surface area contributed by atoms with Crippen molar-refractivity contribution in [2.75, 3.05) is 5.32 Å². The van der Waals surface area contributed by atoms with E-state index in [4.69, 9.17) is 4.42 Å². The average Bonchev–Trinajstić information content (AvgIpc) is 3.14. The van der Waals surface area contributed by atoms with Gasteiger partial charge in [-0.3, -0.25) is 14.9 Å². The van der Waals surface area contributed by atoms with E-state index >= 15 is 0 Å². The minimum absolute atomic E-state index is 0.0970. The molecule has 0 bridgehead atoms. The summed E-state index contributed by atoms with van der Waals surface area (Å²) in [6.45, 7) is 0. The summed E-state index contributed by atoms with van der Waals surface area (Å²) in [7, 11) is 0. The van der Waals surface area contributed by atoms with Gasteiger partial charge in [0.25, 0.3) is 11.6 Å². The molecule has 138 valence electrons. The molecule has 0 aliphatic heterocycles. The molecule has 0 spiro atoms. The fourth-order valence-electron chi connectivity index (χ4n) is 2.47. The molecule has 1 aromatic heterocycles. The average molecular weight is 438 g/mol. The summed E-state index contributed by atoms with van der Waals surface area (Å²) in [4.78, 5) is 23.0. The van der Waals surface area contributed by atoms with Crippen molar-refractivity contribution in [1.29, 1.82) is 5.26 Å². The van der Waals surface area contributed by atoms with Crippen LogP contribution in [0.2, 0.25) is 0 Å². The SMILES string of the molecule is N#CC(=Cc1ccc(-c2ccccc2[N+](=O)[O-])o1)C(=O)Nc1cccc(Br)c1. The van der Waals surface area contributed by atoms with E-state index in [-0.39, 0.29) is 22.8 Å². The van der Waals surface area contributed by atoms with Gasteiger partial charge in [-0.25, -0.2) is 0 Å². The number of halogens is 1. The first-order valence-electron chi connectivity index (χ1n) is 8.00. The maximum Gasteiger partial charge on any atom is 0.280 e. The molecule has 0 saturated carbocycles. The molecule has 0 aliphatic carbocycles. The normalized spacial score (nSPS) is 10.9. The van der Waals surface area contributed by atoms with Gasteiger partial charge in [0.15, 0.2) is 0 Å². The molecule has 3 aromatic rings. The number of anilines is 1. The van der Waals surface area contributed by atoms with Gasteiger partial charge < -0.3 is 9.73 Å². The van der Waals surface area contributed by atoms with Crippen LogP contribution in [0.4, 0.5) is 11.4 Å². The lowest BCUT2D eigenvalue weighted by molar-refractivity contribution is -0.384. The number of nitro benzene ring substituents is 1. The van der Waals surface area contributed by atoms with Gasteiger partial charge in [-0.15, -0.1) is 0 Å². The Balaban J connectivity index is 1.86. The number of nitriles is 1. The molecule has 1 N–H and O–H groups in total. The molecule has 1 heterocycles. The standard InChI is InChI=1S/C20H12BrN3O4/c21-14-4-3-5-15(11-14)23-20(25)13(12-22)10-16-8-9-19(28-16)17-6-1-2-7-18(17)24(26)27/h1-11H,(H,23,25). The molecule has 0 radical (unpaired) electrons. The smallest absolute Gasteiger partial charge is 0.280 e. The molecular formula is C20H12BrN3O4. The number of para-hydroxylation sites is 1. The topological polar surface area (TPSA) is 109 Å². The fraction of sp³-hybridized carbons (Fsp3) is 0. The second-order valence-electron chi connectivity index (χ2n) is 5.61. The third-order valence-electron chi connectivity index (χ3n) is 3.73. The first kappa shape index (κ1) is 19.1. The van der Waals surface area contributed by atoms with E-state index in [0.717, 1.165) is 4.47 Å². The second-order valence-corrected chi connectivity index (χ2v) is 6.53. The minimum atomic E-state index is -0.593. The quantitative estimate of drug-likeness (QED) is 0.256. The molecule has 0 aliphatic rings. The number of carbonyl (C=O) groups excluding carboxylic acids is 1. The molecule has 8 heteroatoms. The summed E-state index contributed by atoms with van der Waals surface area (Å²) in [5.41, 5.74) is 0.577. The van der Waals surface area contributed by atoms with Crippen molar-refractivity contribution in [3.63, 3.8) is 0 Å². The number of amides is 1. The second kappa shape index (κ2) is 8.33. The van der Waals surface area contributed by atoms with Crippen LogP contribution < -0.4 is 5.32 Å². The van der Waals surface area contributed by atoms with E-state index in [9.17, 15) is 20.2 Å². The highest BCUT2D eigenvalue weighted by molar-refractivity contribution is 9.10. The summed E-state index contributed by atoms with van der Waals surface area (Å²) < 4.78 is 6.38. The van der Waals surface area contributed by atoms with Crippen molar-refractivity contribution in [3.05, 3.63) is 86.6 Å². The largest absolute Gasteiger partial charge is 0.456 e. The van der Waals surface area contributed by atoms with Crippen LogP contribution in [-0.4, -0.2) is 10.8 Å². The molecule has 0 atom stereocenters. The van der Waals surface area contributed by atoms with Crippen molar-refractivity contribution < 1.29 is 14.1 Å². The van der Waals surface area contributed by atoms with Gasteiger partial charge in [0.05, 0.1) is 10.5 Å². The molecule has 28 heavy (non-hydrogen) atoms. The van der Waals surface area contributed by atoms with Gasteiger partial charge in [-0.2, -0.15) is 5.26 Å². The molecule has 2 aromatic carbocycles. The number of furan rings is 1. The Kier molecular flexibility index (Phi) is 5.67. The van der Waals surface area contributed by atoms with Gasteiger partial charge in [0.2, 0.25) is 0 Å². The Morgan fingerprint density at radius 1 is 1.18 bits per heavy atom. The summed E-state index contributed by atoms with van der Waals surface area (Å²) in [6, 6.07) is 18.0. The van der Waals surface area contributed by atoms with E-state index in [2.05, 4.69) is 21.2 Å². The highest BCUT2D eigenvalue weighted by atomic mass is 79.9. The predicted molar refractivity (Wildman–Crippen MR) is 107 cm³/mol. The summed E-state index contributed by atoms with van der Waals surface area (Å²) in [5, 5.41) is 23.1. The first-order valence-corrected chi connectivity index (χ1v) is 8.79. The van der Waals surface area contributed by atoms with Gasteiger partial charge in [-0.1, -0.05) is 34.1 Å². The van der Waals surface area contributed by atoms with Gasteiger partial charge in [-0.05, 0) is 36.4 Å². The zero-order valence-corrected chi connectivity index (χ0v) is 15.8. The van der Waals surface area contributed by atoms with Crippen molar-refractivity contribution in [3.8, 4) is 17.4 Å². The maximum absolute atomic E-state index is 12.3. The lowest BCUT2D eigenvalue weighted by Crippen LogP contribution is -2.13. The Morgan fingerprint density at radius 3 is 2.68 bits per heavy atom. The summed E-state index contributed by atoms with van der Waals surface area (Å²) in [5.74, 6) is -0.0958. The number of nitrogens with zero attached hydrogens (tertiary/aromatic N) is 2. The molecule has 0 fully saturated rings. The van der Waals surface area contributed by atoms with Crippen LogP contribution in [0, 0.1) is 21.4 Å². The predicted octanol–water partition coefficient (Wildman–Crippen LogP) is 5.16. The number of hydrogen-bond acceptors (Lipinski definition) is 5. The third-order valence-corrected chi connectivity index (χ3v) is 4.22. The van der Waals surface area contributed by atoms with Crippen LogP contribution in [0.1, 0.15) is 5.76 Å². The Labute approximate surface area is 168 Å². The van der Waals surface area contributed by atoms with Crippen LogP contribution in [0.15, 0.2) is 75.1 Å². The highest BCUT2D eigenvalue weighted by Gasteiger charge is 2.17. The van der Waals surface area contributed by atoms with Crippen LogP contribution in [0.25, 0.3) is 17.4 Å². The first-order chi connectivity index (χ1) is 13.5. The summed E-state index contributed by atoms with van der Waals surface area (Å²) >= 11 is 3.31. The molecule has 3 rings (SSSR count). The van der Waals surface area contributed by atoms with Crippen molar-refractivity contribution in [2.45, 2.75) is 0 Å². The number of nitro groups is 1. The Hall–Kier alpha value is -3.70. The number of carbonyl (C=O) groups is 1. The van der Waals surface area contributed by atoms with E-state index in [1.54, 1.807) is 42.5 Å². The van der Waals surface area contributed by atoms with Gasteiger partial charge >= 0.3 is 0 Å². The Bertz CT molecular complexity index is 1130. The van der Waals surface area contributed by atoms with Crippen molar-refractivity contribution in [2.24, 2.45) is 0 Å². The lowest BCUT2D eigenvalue weighted by atomic mass is 10.1. The maximum atomic E-state index is 12.3. The zero-order valence-electron chi connectivity index (χ0n) is 14.3. The van der Waals surface area contributed by atoms with E-state index in [1.165, 1.54) is 18.2 Å². The van der Waals surface area contributed by atoms with Crippen LogP contribution in [0.5, 0.6) is 0 Å². The Morgan fingerprint density at radius 2 is 1.96 bits per heavy atom. The number of hydrogen-bond donors (Lipinski definition) is 1. The minimum Gasteiger partial charge on any atom is -0.456 e. The van der Waals surface area contributed by atoms with E-state index in [1.807, 2.05) is 12.1 Å². The summed E-state index contributed by atoms with van der Waals surface area (Å²) in [6.07, 6.45) is 1.28. The van der Waals surface area contributed by atoms with Crippen LogP contribution in [0.3, 0.4) is 0 Å². The third kappa shape index (κ3) is 4.34. The molecule has 7 nitrogen and oxygen atoms in total. The molecule has 0 unspecified atom stereocenters. The van der Waals surface area contributed by atoms with E-state index < -0.39 is 10.8 Å². The van der Waals surface area contributed by atoms with Crippen LogP contribution in [-0.2, 0) is 4.79 Å². The highest BCUT2D eigenvalue weighted by Crippen LogP contribution is 2.31. The zero-order chi connectivity index (χ0) is 20.1. The van der Waals surface area contributed by atoms with Crippen molar-refractivity contribution >= 4 is 39.3 Å². The van der Waals surface area contributed by atoms with Gasteiger partial charge in [0, 0.05) is 22.3 Å². The van der Waals surface area contributed by atoms with Gasteiger partial charge in [0.1, 0.15) is 23.2 Å². The number of benzene rings is 2. The van der Waals surface area contributed by atoms with Crippen molar-refractivity contribution in [1.82, 2.24) is 0 Å². The number of nitrogens with one attached hydrogen (secondary N) is 1. The molecular weight excluding hydrogens is 426 g/mol. The fourth-order valence-corrected chi connectivity index (χ4v) is 2.87. The molecule has 1 amide bonds. The molecule has 0 saturated heterocycles. The van der Waals surface area contributed by atoms with E-state index in [0.29, 0.717) is 11.3 Å².